The van der Waals surface area contributed by atoms with Crippen molar-refractivity contribution in [3.63, 3.8) is 0 Å². The van der Waals surface area contributed by atoms with Crippen LogP contribution in [0, 0.1) is 11.3 Å². The number of sulfonamides is 1. The Morgan fingerprint density at radius 3 is 2.38 bits per heavy atom. The number of benzene rings is 2. The third kappa shape index (κ3) is 5.98. The Bertz CT molecular complexity index is 1290. The van der Waals surface area contributed by atoms with Crippen LogP contribution in [0.25, 0.3) is 0 Å². The van der Waals surface area contributed by atoms with Gasteiger partial charge in [-0.25, -0.2) is 18.0 Å². The number of nitrogens with zero attached hydrogens (tertiary/aromatic N) is 1. The number of hydrogen-bond donors (Lipinski definition) is 2. The molecule has 9 nitrogen and oxygen atoms in total. The summed E-state index contributed by atoms with van der Waals surface area (Å²) >= 11 is 6.11. The summed E-state index contributed by atoms with van der Waals surface area (Å²) in [7, 11) is -3.04. The Labute approximate surface area is 203 Å². The highest BCUT2D eigenvalue weighted by Gasteiger charge is 2.32. The molecule has 0 spiro atoms. The molecular weight excluding hydrogens is 482 g/mol. The minimum absolute atomic E-state index is 0.000154. The van der Waals surface area contributed by atoms with Gasteiger partial charge >= 0.3 is 12.1 Å². The molecular formula is C23H24ClN3O6S. The van der Waals surface area contributed by atoms with Gasteiger partial charge in [0.2, 0.25) is 0 Å². The highest BCUT2D eigenvalue weighted by molar-refractivity contribution is 7.92. The van der Waals surface area contributed by atoms with Crippen molar-refractivity contribution in [1.29, 1.82) is 5.26 Å². The molecule has 0 aromatic heterocycles. The van der Waals surface area contributed by atoms with Crippen LogP contribution in [0.3, 0.4) is 0 Å². The van der Waals surface area contributed by atoms with Crippen LogP contribution in [-0.4, -0.2) is 33.2 Å². The molecule has 0 atom stereocenters. The lowest BCUT2D eigenvalue weighted by molar-refractivity contribution is 0.0597. The summed E-state index contributed by atoms with van der Waals surface area (Å²) in [5, 5.41) is 11.8. The van der Waals surface area contributed by atoms with Crippen LogP contribution in [0.5, 0.6) is 0 Å². The monoisotopic (exact) mass is 505 g/mol. The Hall–Kier alpha value is -3.29. The largest absolute Gasteiger partial charge is 0.465 e. The van der Waals surface area contributed by atoms with Gasteiger partial charge in [0.1, 0.15) is 11.7 Å². The molecule has 1 amide bonds. The number of carbonyl (C=O) groups is 2. The number of methoxy groups -OCH3 is 1. The van der Waals surface area contributed by atoms with Crippen LogP contribution in [0.4, 0.5) is 16.2 Å². The van der Waals surface area contributed by atoms with Crippen LogP contribution < -0.4 is 10.0 Å². The lowest BCUT2D eigenvalue weighted by Crippen LogP contribution is -2.27. The molecule has 1 aliphatic carbocycles. The average molecular weight is 506 g/mol. The molecule has 0 saturated heterocycles. The molecule has 1 aliphatic rings. The predicted molar refractivity (Wildman–Crippen MR) is 127 cm³/mol. The molecule has 11 heteroatoms. The number of anilines is 2. The maximum atomic E-state index is 13.4. The fraction of sp³-hybridized carbons (Fsp3) is 0.348. The van der Waals surface area contributed by atoms with Gasteiger partial charge in [-0.15, -0.1) is 0 Å². The van der Waals surface area contributed by atoms with E-state index >= 15 is 0 Å². The first-order chi connectivity index (χ1) is 15.8. The van der Waals surface area contributed by atoms with Crippen LogP contribution in [-0.2, 0) is 19.5 Å². The Morgan fingerprint density at radius 1 is 1.15 bits per heavy atom. The van der Waals surface area contributed by atoms with Crippen molar-refractivity contribution >= 4 is 45.1 Å². The fourth-order valence-electron chi connectivity index (χ4n) is 3.20. The SMILES string of the molecule is COC(=O)c1ccc(C2CC2)c(S(=O)(=O)Nc2cc(C#N)c(Cl)cc2NC(=O)OC(C)(C)C)c1. The maximum Gasteiger partial charge on any atom is 0.412 e. The first kappa shape index (κ1) is 25.3. The lowest BCUT2D eigenvalue weighted by Gasteiger charge is -2.21. The van der Waals surface area contributed by atoms with Gasteiger partial charge in [-0.3, -0.25) is 10.0 Å². The molecule has 0 aliphatic heterocycles. The standard InChI is InChI=1S/C23H24ClN3O6S/c1-23(2,3)33-22(29)26-18-11-17(24)15(12-25)9-19(18)27-34(30,31)20-10-14(21(28)32-4)7-8-16(20)13-5-6-13/h7-11,13,27H,5-6H2,1-4H3,(H,26,29). The quantitative estimate of drug-likeness (QED) is 0.526. The van der Waals surface area contributed by atoms with Gasteiger partial charge < -0.3 is 9.47 Å². The molecule has 0 bridgehead atoms. The van der Waals surface area contributed by atoms with Gasteiger partial charge in [0.25, 0.3) is 10.0 Å². The second-order valence-corrected chi connectivity index (χ2v) is 10.8. The van der Waals surface area contributed by atoms with E-state index in [1.165, 1.54) is 31.4 Å². The first-order valence-corrected chi connectivity index (χ1v) is 12.2. The summed E-state index contributed by atoms with van der Waals surface area (Å²) < 4.78 is 39.3. The molecule has 3 rings (SSSR count). The van der Waals surface area contributed by atoms with E-state index in [2.05, 4.69) is 10.0 Å². The first-order valence-electron chi connectivity index (χ1n) is 10.3. The minimum atomic E-state index is -4.25. The average Bonchev–Trinajstić information content (AvgIpc) is 3.58. The number of esters is 1. The zero-order valence-corrected chi connectivity index (χ0v) is 20.6. The van der Waals surface area contributed by atoms with Gasteiger partial charge in [0.15, 0.2) is 0 Å². The van der Waals surface area contributed by atoms with Gasteiger partial charge in [0, 0.05) is 0 Å². The smallest absolute Gasteiger partial charge is 0.412 e. The van der Waals surface area contributed by atoms with E-state index in [4.69, 9.17) is 21.1 Å². The van der Waals surface area contributed by atoms with E-state index in [-0.39, 0.29) is 38.3 Å². The Morgan fingerprint density at radius 2 is 1.82 bits per heavy atom. The predicted octanol–water partition coefficient (Wildman–Crippen LogP) is 5.02. The van der Waals surface area contributed by atoms with Crippen molar-refractivity contribution in [2.24, 2.45) is 0 Å². The second-order valence-electron chi connectivity index (χ2n) is 8.74. The second kappa shape index (κ2) is 9.52. The summed E-state index contributed by atoms with van der Waals surface area (Å²) in [5.41, 5.74) is -0.242. The lowest BCUT2D eigenvalue weighted by atomic mass is 10.1. The molecule has 180 valence electrons. The summed E-state index contributed by atoms with van der Waals surface area (Å²) in [5.74, 6) is -0.623. The number of carbonyl (C=O) groups excluding carboxylic acids is 2. The van der Waals surface area contributed by atoms with E-state index in [1.807, 2.05) is 6.07 Å². The number of rotatable bonds is 6. The molecule has 34 heavy (non-hydrogen) atoms. The van der Waals surface area contributed by atoms with Crippen molar-refractivity contribution in [3.8, 4) is 6.07 Å². The number of amides is 1. The molecule has 2 N–H and O–H groups in total. The van der Waals surface area contributed by atoms with Crippen molar-refractivity contribution in [3.05, 3.63) is 52.0 Å². The molecule has 1 fully saturated rings. The van der Waals surface area contributed by atoms with E-state index in [0.29, 0.717) is 5.56 Å². The van der Waals surface area contributed by atoms with E-state index in [0.717, 1.165) is 12.8 Å². The van der Waals surface area contributed by atoms with Gasteiger partial charge in [-0.1, -0.05) is 17.7 Å². The molecule has 0 radical (unpaired) electrons. The van der Waals surface area contributed by atoms with Crippen LogP contribution in [0.15, 0.2) is 35.2 Å². The normalized spacial score (nSPS) is 13.5. The third-order valence-electron chi connectivity index (χ3n) is 4.85. The van der Waals surface area contributed by atoms with E-state index in [9.17, 15) is 23.3 Å². The zero-order chi connectivity index (χ0) is 25.3. The summed E-state index contributed by atoms with van der Waals surface area (Å²) in [6.07, 6.45) is 0.816. The summed E-state index contributed by atoms with van der Waals surface area (Å²) in [6.45, 7) is 5.03. The van der Waals surface area contributed by atoms with Crippen molar-refractivity contribution < 1.29 is 27.5 Å². The highest BCUT2D eigenvalue weighted by atomic mass is 35.5. The molecule has 2 aromatic rings. The molecule has 0 heterocycles. The summed E-state index contributed by atoms with van der Waals surface area (Å²) in [4.78, 5) is 24.2. The maximum absolute atomic E-state index is 13.4. The van der Waals surface area contributed by atoms with E-state index < -0.39 is 27.7 Å². The van der Waals surface area contributed by atoms with E-state index in [1.54, 1.807) is 26.8 Å². The summed E-state index contributed by atoms with van der Waals surface area (Å²) in [6, 6.07) is 8.72. The van der Waals surface area contributed by atoms with Gasteiger partial charge in [0.05, 0.1) is 39.5 Å². The molecule has 0 unspecified atom stereocenters. The zero-order valence-electron chi connectivity index (χ0n) is 19.1. The van der Waals surface area contributed by atoms with Crippen molar-refractivity contribution in [2.45, 2.75) is 50.0 Å². The molecule has 2 aromatic carbocycles. The topological polar surface area (TPSA) is 135 Å². The third-order valence-corrected chi connectivity index (χ3v) is 6.58. The number of ether oxygens (including phenoxy) is 2. The number of nitrogens with one attached hydrogen (secondary N) is 2. The van der Waals surface area contributed by atoms with Gasteiger partial charge in [-0.05, 0) is 69.4 Å². The highest BCUT2D eigenvalue weighted by Crippen LogP contribution is 2.43. The van der Waals surface area contributed by atoms with Gasteiger partial charge in [-0.2, -0.15) is 5.26 Å². The van der Waals surface area contributed by atoms with Crippen LogP contribution in [0.1, 0.15) is 61.0 Å². The Balaban J connectivity index is 2.05. The number of hydrogen-bond acceptors (Lipinski definition) is 7. The fourth-order valence-corrected chi connectivity index (χ4v) is 4.81. The van der Waals surface area contributed by atoms with Crippen molar-refractivity contribution in [1.82, 2.24) is 0 Å². The Kier molecular flexibility index (Phi) is 7.10. The van der Waals surface area contributed by atoms with Crippen molar-refractivity contribution in [2.75, 3.05) is 17.1 Å². The van der Waals surface area contributed by atoms with Crippen LogP contribution in [0.2, 0.25) is 5.02 Å². The van der Waals surface area contributed by atoms with Crippen LogP contribution >= 0.6 is 11.6 Å². The minimum Gasteiger partial charge on any atom is -0.465 e. The number of halogens is 1. The molecule has 1 saturated carbocycles. The number of nitriles is 1.